The van der Waals surface area contributed by atoms with E-state index in [1.54, 1.807) is 12.1 Å². The number of hydrogen-bond donors (Lipinski definition) is 3. The van der Waals surface area contributed by atoms with E-state index in [1.165, 1.54) is 5.01 Å². The van der Waals surface area contributed by atoms with Gasteiger partial charge >= 0.3 is 6.03 Å². The minimum Gasteiger partial charge on any atom is -0.508 e. The molecule has 4 N–H and O–H groups in total. The largest absolute Gasteiger partial charge is 0.508 e. The molecule has 0 aliphatic carbocycles. The van der Waals surface area contributed by atoms with E-state index >= 15 is 0 Å². The molecule has 0 saturated carbocycles. The number of aromatic hydroxyl groups is 1. The van der Waals surface area contributed by atoms with Crippen LogP contribution in [0.15, 0.2) is 78.9 Å². The number of benzene rings is 3. The van der Waals surface area contributed by atoms with Gasteiger partial charge < -0.3 is 25.0 Å². The van der Waals surface area contributed by atoms with Crippen LogP contribution in [-0.2, 0) is 11.3 Å². The molecule has 1 saturated heterocycles. The van der Waals surface area contributed by atoms with Gasteiger partial charge in [-0.25, -0.2) is 10.6 Å². The van der Waals surface area contributed by atoms with Crippen molar-refractivity contribution in [2.75, 3.05) is 41.3 Å². The van der Waals surface area contributed by atoms with Crippen molar-refractivity contribution in [2.24, 2.45) is 5.84 Å². The highest BCUT2D eigenvalue weighted by Crippen LogP contribution is 2.24. The van der Waals surface area contributed by atoms with Gasteiger partial charge in [0.1, 0.15) is 5.75 Å². The third-order valence-electron chi connectivity index (χ3n) is 6.89. The van der Waals surface area contributed by atoms with Crippen LogP contribution < -0.4 is 21.0 Å². The van der Waals surface area contributed by atoms with Crippen molar-refractivity contribution in [3.8, 4) is 5.75 Å². The fourth-order valence-electron chi connectivity index (χ4n) is 4.65. The van der Waals surface area contributed by atoms with Crippen LogP contribution in [0.1, 0.15) is 25.8 Å². The average Bonchev–Trinajstić information content (AvgIpc) is 2.94. The summed E-state index contributed by atoms with van der Waals surface area (Å²) < 4.78 is 6.00. The number of nitrogens with zero attached hydrogens (tertiary/aromatic N) is 3. The average molecular weight is 540 g/mol. The molecule has 1 aliphatic rings. The lowest BCUT2D eigenvalue weighted by Crippen LogP contribution is -2.52. The van der Waals surface area contributed by atoms with Crippen LogP contribution in [0.4, 0.5) is 21.9 Å². The highest BCUT2D eigenvalue weighted by molar-refractivity contribution is 5.89. The number of piperazine rings is 1. The maximum absolute atomic E-state index is 12.9. The fourth-order valence-corrected chi connectivity index (χ4v) is 4.65. The van der Waals surface area contributed by atoms with Gasteiger partial charge in [0.25, 0.3) is 0 Å². The lowest BCUT2D eigenvalue weighted by atomic mass is 10.1. The monoisotopic (exact) mass is 539 g/mol. The summed E-state index contributed by atoms with van der Waals surface area (Å²) in [7, 11) is 0. The lowest BCUT2D eigenvalue weighted by molar-refractivity contribution is -0.00214. The molecular weight excluding hydrogens is 502 g/mol. The summed E-state index contributed by atoms with van der Waals surface area (Å²) in [6, 6.07) is 24.5. The second kappa shape index (κ2) is 13.9. The number of amides is 2. The first-order valence-electron chi connectivity index (χ1n) is 12.8. The first-order chi connectivity index (χ1) is 17.9. The molecular formula is C29H38ClN5O3. The Bertz CT molecular complexity index is 1120. The number of hydrazine groups is 1. The number of nitrogens with two attached hydrogens (primary N) is 1. The Morgan fingerprint density at radius 2 is 1.47 bits per heavy atom. The fraction of sp³-hybridized carbons (Fsp3) is 0.345. The molecule has 204 valence electrons. The molecule has 0 radical (unpaired) electrons. The van der Waals surface area contributed by atoms with Crippen LogP contribution in [0, 0.1) is 0 Å². The molecule has 0 bridgehead atoms. The molecule has 38 heavy (non-hydrogen) atoms. The number of rotatable bonds is 9. The van der Waals surface area contributed by atoms with Crippen LogP contribution in [0.5, 0.6) is 5.75 Å². The number of phenolic OH excluding ortho intramolecular Hbond substituents is 1. The summed E-state index contributed by atoms with van der Waals surface area (Å²) in [6.45, 7) is 7.99. The summed E-state index contributed by atoms with van der Waals surface area (Å²) in [5, 5.41) is 13.7. The second-order valence-electron chi connectivity index (χ2n) is 9.35. The van der Waals surface area contributed by atoms with E-state index in [9.17, 15) is 9.90 Å². The van der Waals surface area contributed by atoms with Gasteiger partial charge in [-0.2, -0.15) is 0 Å². The zero-order valence-corrected chi connectivity index (χ0v) is 22.8. The van der Waals surface area contributed by atoms with E-state index < -0.39 is 0 Å². The number of hydrogen-bond acceptors (Lipinski definition) is 6. The molecule has 4 rings (SSSR count). The van der Waals surface area contributed by atoms with Crippen LogP contribution >= 0.6 is 12.4 Å². The van der Waals surface area contributed by atoms with Crippen molar-refractivity contribution < 1.29 is 14.6 Å². The zero-order valence-electron chi connectivity index (χ0n) is 22.0. The number of halogens is 1. The minimum atomic E-state index is -0.364. The van der Waals surface area contributed by atoms with Gasteiger partial charge in [0, 0.05) is 43.2 Å². The van der Waals surface area contributed by atoms with E-state index in [4.69, 9.17) is 10.6 Å². The molecule has 3 aromatic carbocycles. The van der Waals surface area contributed by atoms with E-state index in [1.807, 2.05) is 80.6 Å². The number of nitrogens with one attached hydrogen (secondary N) is 1. The van der Waals surface area contributed by atoms with Gasteiger partial charge in [-0.3, -0.25) is 5.01 Å². The van der Waals surface area contributed by atoms with Gasteiger partial charge in [-0.05, 0) is 67.4 Å². The van der Waals surface area contributed by atoms with Gasteiger partial charge in [0.05, 0.1) is 18.8 Å². The Hall–Kier alpha value is -3.46. The molecule has 9 heteroatoms. The summed E-state index contributed by atoms with van der Waals surface area (Å²) in [5.41, 5.74) is 4.01. The Morgan fingerprint density at radius 3 is 2.00 bits per heavy atom. The quantitative estimate of drug-likeness (QED) is 0.196. The Balaban J connectivity index is 0.00000400. The third-order valence-corrected chi connectivity index (χ3v) is 6.89. The number of ether oxygens (including phenoxy) is 1. The van der Waals surface area contributed by atoms with E-state index in [2.05, 4.69) is 15.1 Å². The summed E-state index contributed by atoms with van der Waals surface area (Å²) in [5.74, 6) is 6.50. The van der Waals surface area contributed by atoms with Crippen molar-refractivity contribution in [1.82, 2.24) is 5.01 Å². The van der Waals surface area contributed by atoms with Crippen molar-refractivity contribution in [3.05, 3.63) is 84.4 Å². The number of anilines is 3. The second-order valence-corrected chi connectivity index (χ2v) is 9.35. The molecule has 2 atom stereocenters. The number of carbonyl (C=O) groups excluding carboxylic acids is 1. The first kappa shape index (κ1) is 29.1. The highest BCUT2D eigenvalue weighted by atomic mass is 35.5. The van der Waals surface area contributed by atoms with Crippen LogP contribution in [0.2, 0.25) is 0 Å². The van der Waals surface area contributed by atoms with Crippen LogP contribution in [-0.4, -0.2) is 54.5 Å². The molecule has 1 fully saturated rings. The van der Waals surface area contributed by atoms with Crippen molar-refractivity contribution >= 4 is 35.5 Å². The van der Waals surface area contributed by atoms with Crippen LogP contribution in [0.3, 0.4) is 0 Å². The van der Waals surface area contributed by atoms with E-state index in [0.717, 1.165) is 43.1 Å². The molecule has 1 heterocycles. The summed E-state index contributed by atoms with van der Waals surface area (Å²) >= 11 is 0. The topological polar surface area (TPSA) is 94.3 Å². The van der Waals surface area contributed by atoms with Crippen molar-refractivity contribution in [2.45, 2.75) is 39.0 Å². The summed E-state index contributed by atoms with van der Waals surface area (Å²) in [4.78, 5) is 17.5. The van der Waals surface area contributed by atoms with Gasteiger partial charge in [-0.1, -0.05) is 37.3 Å². The molecule has 0 aromatic heterocycles. The SMILES string of the molecule is CC[C@@H]([C@H](C)OCc1ccccc1)N(N)C(=O)Nc1ccc(N2CCN(c3ccc(O)cc3)CC2)cc1.Cl. The molecule has 8 nitrogen and oxygen atoms in total. The first-order valence-corrected chi connectivity index (χ1v) is 12.8. The maximum atomic E-state index is 12.9. The third kappa shape index (κ3) is 7.54. The van der Waals surface area contributed by atoms with Gasteiger partial charge in [0.15, 0.2) is 0 Å². The zero-order chi connectivity index (χ0) is 26.2. The Kier molecular flexibility index (Phi) is 10.6. The number of phenols is 1. The maximum Gasteiger partial charge on any atom is 0.336 e. The molecule has 2 amide bonds. The van der Waals surface area contributed by atoms with Crippen molar-refractivity contribution in [3.63, 3.8) is 0 Å². The predicted octanol–water partition coefficient (Wildman–Crippen LogP) is 5.23. The molecule has 0 spiro atoms. The standard InChI is InChI=1S/C29H37N5O3.ClH/c1-3-28(22(2)37-21-23-7-5-4-6-8-23)34(30)29(36)31-24-9-11-25(12-10-24)32-17-19-33(20-18-32)26-13-15-27(35)16-14-26;/h4-16,22,28,35H,3,17-21,30H2,1-2H3,(H,31,36);1H/t22-,28-;/m0./s1. The normalized spacial score (nSPS) is 14.8. The van der Waals surface area contributed by atoms with Crippen molar-refractivity contribution in [1.29, 1.82) is 0 Å². The predicted molar refractivity (Wildman–Crippen MR) is 156 cm³/mol. The Labute approximate surface area is 231 Å². The van der Waals surface area contributed by atoms with Gasteiger partial charge in [-0.15, -0.1) is 12.4 Å². The molecule has 1 aliphatic heterocycles. The smallest absolute Gasteiger partial charge is 0.336 e. The highest BCUT2D eigenvalue weighted by Gasteiger charge is 2.26. The van der Waals surface area contributed by atoms with E-state index in [-0.39, 0.29) is 36.3 Å². The Morgan fingerprint density at radius 1 is 0.947 bits per heavy atom. The minimum absolute atomic E-state index is 0. The van der Waals surface area contributed by atoms with E-state index in [0.29, 0.717) is 18.7 Å². The lowest BCUT2D eigenvalue weighted by Gasteiger charge is -2.37. The van der Waals surface area contributed by atoms with Gasteiger partial charge in [0.2, 0.25) is 0 Å². The molecule has 0 unspecified atom stereocenters. The van der Waals surface area contributed by atoms with Crippen LogP contribution in [0.25, 0.3) is 0 Å². The molecule has 3 aromatic rings. The number of carbonyl (C=O) groups is 1. The summed E-state index contributed by atoms with van der Waals surface area (Å²) in [6.07, 6.45) is 0.457. The number of urea groups is 1.